The maximum atomic E-state index is 11.2. The van der Waals surface area contributed by atoms with Crippen LogP contribution in [-0.2, 0) is 0 Å². The second kappa shape index (κ2) is 5.67. The van der Waals surface area contributed by atoms with Crippen LogP contribution in [0.3, 0.4) is 0 Å². The molecule has 0 aliphatic carbocycles. The van der Waals surface area contributed by atoms with Gasteiger partial charge in [0.05, 0.1) is 11.4 Å². The van der Waals surface area contributed by atoms with Gasteiger partial charge in [-0.3, -0.25) is 4.79 Å². The molecule has 0 aromatic heterocycles. The van der Waals surface area contributed by atoms with Crippen molar-refractivity contribution < 1.29 is 4.79 Å². The number of hydrogen-bond acceptors (Lipinski definition) is 4. The van der Waals surface area contributed by atoms with Gasteiger partial charge in [-0.25, -0.2) is 0 Å². The smallest absolute Gasteiger partial charge is 0.248 e. The molecule has 0 spiro atoms. The maximum Gasteiger partial charge on any atom is 0.248 e. The van der Waals surface area contributed by atoms with E-state index in [0.29, 0.717) is 16.9 Å². The Morgan fingerprint density at radius 1 is 1.16 bits per heavy atom. The molecule has 0 unspecified atom stereocenters. The van der Waals surface area contributed by atoms with Crippen molar-refractivity contribution in [3.8, 4) is 0 Å². The monoisotopic (exact) mass is 273 g/mol. The summed E-state index contributed by atoms with van der Waals surface area (Å²) in [5.74, 6) is -0.471. The highest BCUT2D eigenvalue weighted by Gasteiger charge is 2.05. The molecule has 0 aliphatic heterocycles. The van der Waals surface area contributed by atoms with Gasteiger partial charge in [0.25, 0.3) is 0 Å². The highest BCUT2D eigenvalue weighted by atomic mass is 32.2. The quantitative estimate of drug-likeness (QED) is 0.591. The molecule has 98 valence electrons. The molecule has 0 bridgehead atoms. The predicted octanol–water partition coefficient (Wildman–Crippen LogP) is 2.83. The molecule has 1 amide bonds. The Morgan fingerprint density at radius 2 is 1.84 bits per heavy atom. The number of rotatable bonds is 4. The molecule has 0 aliphatic rings. The highest BCUT2D eigenvalue weighted by Crippen LogP contribution is 2.25. The summed E-state index contributed by atoms with van der Waals surface area (Å²) >= 11 is 1.68. The lowest BCUT2D eigenvalue weighted by atomic mass is 10.1. The largest absolute Gasteiger partial charge is 0.397 e. The highest BCUT2D eigenvalue weighted by molar-refractivity contribution is 7.98. The number of amides is 1. The zero-order valence-corrected chi connectivity index (χ0v) is 11.3. The van der Waals surface area contributed by atoms with Crippen molar-refractivity contribution in [3.63, 3.8) is 0 Å². The van der Waals surface area contributed by atoms with Gasteiger partial charge in [0.2, 0.25) is 5.91 Å². The van der Waals surface area contributed by atoms with E-state index in [4.69, 9.17) is 11.5 Å². The first-order valence-electron chi connectivity index (χ1n) is 5.70. The van der Waals surface area contributed by atoms with Crippen molar-refractivity contribution in [2.45, 2.75) is 4.90 Å². The van der Waals surface area contributed by atoms with Gasteiger partial charge >= 0.3 is 0 Å². The van der Waals surface area contributed by atoms with Crippen LogP contribution in [0.2, 0.25) is 0 Å². The van der Waals surface area contributed by atoms with E-state index in [1.54, 1.807) is 30.0 Å². The van der Waals surface area contributed by atoms with E-state index < -0.39 is 5.91 Å². The SMILES string of the molecule is CSc1ccc(Nc2cc(C(N)=O)ccc2N)cc1. The standard InChI is InChI=1S/C14H15N3OS/c1-19-11-5-3-10(4-6-11)17-13-8-9(14(16)18)2-7-12(13)15/h2-8,17H,15H2,1H3,(H2,16,18). The Balaban J connectivity index is 2.26. The lowest BCUT2D eigenvalue weighted by Gasteiger charge is -2.10. The molecule has 2 rings (SSSR count). The van der Waals surface area contributed by atoms with E-state index >= 15 is 0 Å². The van der Waals surface area contributed by atoms with Crippen molar-refractivity contribution in [1.29, 1.82) is 0 Å². The first-order chi connectivity index (χ1) is 9.10. The number of nitrogen functional groups attached to an aromatic ring is 1. The fraction of sp³-hybridized carbons (Fsp3) is 0.0714. The molecule has 0 heterocycles. The van der Waals surface area contributed by atoms with Gasteiger partial charge in [0.15, 0.2) is 0 Å². The summed E-state index contributed by atoms with van der Waals surface area (Å²) in [5, 5.41) is 3.18. The van der Waals surface area contributed by atoms with Crippen LogP contribution in [0.1, 0.15) is 10.4 Å². The number of carbonyl (C=O) groups is 1. The second-order valence-electron chi connectivity index (χ2n) is 4.02. The third kappa shape index (κ3) is 3.20. The minimum atomic E-state index is -0.471. The van der Waals surface area contributed by atoms with E-state index in [-0.39, 0.29) is 0 Å². The van der Waals surface area contributed by atoms with Gasteiger partial charge < -0.3 is 16.8 Å². The zero-order chi connectivity index (χ0) is 13.8. The molecule has 2 aromatic rings. The maximum absolute atomic E-state index is 11.2. The summed E-state index contributed by atoms with van der Waals surface area (Å²) in [6.45, 7) is 0. The summed E-state index contributed by atoms with van der Waals surface area (Å²) in [6, 6.07) is 12.9. The Labute approximate surface area is 116 Å². The molecule has 5 heteroatoms. The summed E-state index contributed by atoms with van der Waals surface area (Å²) in [4.78, 5) is 12.3. The number of hydrogen-bond donors (Lipinski definition) is 3. The number of primary amides is 1. The van der Waals surface area contributed by atoms with Crippen LogP contribution in [0, 0.1) is 0 Å². The molecule has 0 saturated carbocycles. The first kappa shape index (κ1) is 13.3. The van der Waals surface area contributed by atoms with E-state index in [0.717, 1.165) is 5.69 Å². The molecule has 0 saturated heterocycles. The first-order valence-corrected chi connectivity index (χ1v) is 6.93. The molecular formula is C14H15N3OS. The van der Waals surface area contributed by atoms with Crippen LogP contribution in [0.25, 0.3) is 0 Å². The number of nitrogens with one attached hydrogen (secondary N) is 1. The number of thioether (sulfide) groups is 1. The lowest BCUT2D eigenvalue weighted by molar-refractivity contribution is 0.100. The predicted molar refractivity (Wildman–Crippen MR) is 80.9 cm³/mol. The fourth-order valence-corrected chi connectivity index (χ4v) is 2.06. The summed E-state index contributed by atoms with van der Waals surface area (Å²) in [7, 11) is 0. The normalized spacial score (nSPS) is 10.2. The number of benzene rings is 2. The van der Waals surface area contributed by atoms with Gasteiger partial charge in [0.1, 0.15) is 0 Å². The van der Waals surface area contributed by atoms with Crippen LogP contribution < -0.4 is 16.8 Å². The molecule has 0 radical (unpaired) electrons. The number of nitrogens with two attached hydrogens (primary N) is 2. The van der Waals surface area contributed by atoms with E-state index in [1.807, 2.05) is 30.5 Å². The van der Waals surface area contributed by atoms with E-state index in [1.165, 1.54) is 4.90 Å². The van der Waals surface area contributed by atoms with Crippen molar-refractivity contribution in [1.82, 2.24) is 0 Å². The van der Waals surface area contributed by atoms with Crippen LogP contribution in [0.4, 0.5) is 17.1 Å². The lowest BCUT2D eigenvalue weighted by Crippen LogP contribution is -2.11. The number of anilines is 3. The summed E-state index contributed by atoms with van der Waals surface area (Å²) < 4.78 is 0. The van der Waals surface area contributed by atoms with Crippen molar-refractivity contribution in [2.24, 2.45) is 5.73 Å². The van der Waals surface area contributed by atoms with E-state index in [9.17, 15) is 4.79 Å². The molecule has 0 fully saturated rings. The van der Waals surface area contributed by atoms with Gasteiger partial charge in [-0.15, -0.1) is 11.8 Å². The van der Waals surface area contributed by atoms with Crippen molar-refractivity contribution >= 4 is 34.7 Å². The van der Waals surface area contributed by atoms with Gasteiger partial charge in [-0.1, -0.05) is 0 Å². The van der Waals surface area contributed by atoms with Gasteiger partial charge in [0, 0.05) is 16.1 Å². The van der Waals surface area contributed by atoms with Crippen molar-refractivity contribution in [3.05, 3.63) is 48.0 Å². The molecule has 4 nitrogen and oxygen atoms in total. The third-order valence-electron chi connectivity index (χ3n) is 2.71. The number of carbonyl (C=O) groups excluding carboxylic acids is 1. The Kier molecular flexibility index (Phi) is 3.97. The van der Waals surface area contributed by atoms with Crippen LogP contribution in [-0.4, -0.2) is 12.2 Å². The van der Waals surface area contributed by atoms with Gasteiger partial charge in [-0.2, -0.15) is 0 Å². The average molecular weight is 273 g/mol. The van der Waals surface area contributed by atoms with Crippen LogP contribution in [0.15, 0.2) is 47.4 Å². The molecular weight excluding hydrogens is 258 g/mol. The summed E-state index contributed by atoms with van der Waals surface area (Å²) in [6.07, 6.45) is 2.02. The Hall–Kier alpha value is -2.14. The third-order valence-corrected chi connectivity index (χ3v) is 3.45. The minimum absolute atomic E-state index is 0.428. The molecule has 5 N–H and O–H groups in total. The molecule has 0 atom stereocenters. The minimum Gasteiger partial charge on any atom is -0.397 e. The van der Waals surface area contributed by atoms with Gasteiger partial charge in [-0.05, 0) is 48.7 Å². The van der Waals surface area contributed by atoms with Crippen LogP contribution >= 0.6 is 11.8 Å². The topological polar surface area (TPSA) is 81.1 Å². The average Bonchev–Trinajstić information content (AvgIpc) is 2.42. The zero-order valence-electron chi connectivity index (χ0n) is 10.5. The summed E-state index contributed by atoms with van der Waals surface area (Å²) in [5.41, 5.74) is 13.7. The second-order valence-corrected chi connectivity index (χ2v) is 4.90. The fourth-order valence-electron chi connectivity index (χ4n) is 1.65. The van der Waals surface area contributed by atoms with Crippen molar-refractivity contribution in [2.75, 3.05) is 17.3 Å². The Morgan fingerprint density at radius 3 is 2.42 bits per heavy atom. The molecule has 2 aromatic carbocycles. The van der Waals surface area contributed by atoms with E-state index in [2.05, 4.69) is 5.32 Å². The van der Waals surface area contributed by atoms with Crippen LogP contribution in [0.5, 0.6) is 0 Å². The Bertz CT molecular complexity index is 596. The molecule has 19 heavy (non-hydrogen) atoms.